The van der Waals surface area contributed by atoms with Crippen molar-refractivity contribution in [2.45, 2.75) is 0 Å². The van der Waals surface area contributed by atoms with E-state index < -0.39 is 5.97 Å². The maximum absolute atomic E-state index is 11.6. The number of aromatic nitrogens is 2. The molecule has 114 valence electrons. The van der Waals surface area contributed by atoms with Crippen molar-refractivity contribution in [1.82, 2.24) is 15.3 Å². The number of methoxy groups -OCH3 is 1. The molecule has 1 heterocycles. The van der Waals surface area contributed by atoms with Crippen LogP contribution >= 0.6 is 0 Å². The van der Waals surface area contributed by atoms with E-state index in [0.717, 1.165) is 10.9 Å². The fourth-order valence-electron chi connectivity index (χ4n) is 1.68. The average molecular weight is 301 g/mol. The van der Waals surface area contributed by atoms with Crippen molar-refractivity contribution < 1.29 is 19.1 Å². The fraction of sp³-hybridized carbons (Fsp3) is 0.200. The monoisotopic (exact) mass is 301 g/mol. The van der Waals surface area contributed by atoms with Crippen LogP contribution in [-0.4, -0.2) is 42.1 Å². The first kappa shape index (κ1) is 15.4. The van der Waals surface area contributed by atoms with Crippen LogP contribution in [0, 0.1) is 0 Å². The molecule has 0 fully saturated rings. The van der Waals surface area contributed by atoms with Gasteiger partial charge in [-0.25, -0.2) is 14.8 Å². The number of para-hydroxylation sites is 1. The summed E-state index contributed by atoms with van der Waals surface area (Å²) >= 11 is 0. The van der Waals surface area contributed by atoms with E-state index in [1.807, 2.05) is 24.3 Å². The molecular weight excluding hydrogens is 286 g/mol. The maximum Gasteiger partial charge on any atom is 0.330 e. The summed E-state index contributed by atoms with van der Waals surface area (Å²) in [6.07, 6.45) is 4.11. The Morgan fingerprint density at radius 1 is 1.27 bits per heavy atom. The number of carbonyl (C=O) groups excluding carboxylic acids is 2. The maximum atomic E-state index is 11.6. The van der Waals surface area contributed by atoms with Crippen LogP contribution in [0.15, 0.2) is 42.7 Å². The van der Waals surface area contributed by atoms with Crippen LogP contribution in [0.1, 0.15) is 0 Å². The van der Waals surface area contributed by atoms with Gasteiger partial charge in [0, 0.05) is 12.6 Å². The van der Waals surface area contributed by atoms with Gasteiger partial charge in [0.1, 0.15) is 6.33 Å². The van der Waals surface area contributed by atoms with Gasteiger partial charge in [-0.05, 0) is 12.1 Å². The lowest BCUT2D eigenvalue weighted by Gasteiger charge is -2.07. The van der Waals surface area contributed by atoms with E-state index in [2.05, 4.69) is 20.0 Å². The van der Waals surface area contributed by atoms with Gasteiger partial charge in [0.25, 0.3) is 5.91 Å². The first-order valence-electron chi connectivity index (χ1n) is 6.54. The summed E-state index contributed by atoms with van der Waals surface area (Å²) in [6, 6.07) is 7.36. The summed E-state index contributed by atoms with van der Waals surface area (Å²) < 4.78 is 9.83. The van der Waals surface area contributed by atoms with Crippen LogP contribution < -0.4 is 10.1 Å². The van der Waals surface area contributed by atoms with Gasteiger partial charge >= 0.3 is 5.97 Å². The number of ether oxygens (including phenoxy) is 2. The van der Waals surface area contributed by atoms with E-state index >= 15 is 0 Å². The molecule has 2 rings (SSSR count). The highest BCUT2D eigenvalue weighted by Crippen LogP contribution is 2.20. The molecule has 1 aromatic carbocycles. The van der Waals surface area contributed by atoms with Crippen LogP contribution in [-0.2, 0) is 14.3 Å². The summed E-state index contributed by atoms with van der Waals surface area (Å²) in [5.41, 5.74) is 0.744. The normalized spacial score (nSPS) is 10.6. The first-order valence-corrected chi connectivity index (χ1v) is 6.54. The van der Waals surface area contributed by atoms with Crippen molar-refractivity contribution in [2.75, 3.05) is 20.3 Å². The molecule has 2 aromatic rings. The Kier molecular flexibility index (Phi) is 5.42. The largest absolute Gasteiger partial charge is 0.467 e. The summed E-state index contributed by atoms with van der Waals surface area (Å²) in [7, 11) is 1.28. The summed E-state index contributed by atoms with van der Waals surface area (Å²) in [5.74, 6) is -0.444. The van der Waals surface area contributed by atoms with Gasteiger partial charge in [0.15, 0.2) is 6.61 Å². The number of benzene rings is 1. The van der Waals surface area contributed by atoms with E-state index in [4.69, 9.17) is 4.74 Å². The molecule has 0 aliphatic heterocycles. The van der Waals surface area contributed by atoms with Gasteiger partial charge in [0.05, 0.1) is 18.0 Å². The van der Waals surface area contributed by atoms with Crippen LogP contribution in [0.4, 0.5) is 0 Å². The lowest BCUT2D eigenvalue weighted by molar-refractivity contribution is -0.134. The highest BCUT2D eigenvalue weighted by atomic mass is 16.5. The fourth-order valence-corrected chi connectivity index (χ4v) is 1.68. The summed E-state index contributed by atoms with van der Waals surface area (Å²) in [4.78, 5) is 30.6. The third-order valence-electron chi connectivity index (χ3n) is 2.72. The Morgan fingerprint density at radius 3 is 2.91 bits per heavy atom. The van der Waals surface area contributed by atoms with Gasteiger partial charge in [-0.15, -0.1) is 0 Å². The van der Waals surface area contributed by atoms with E-state index in [-0.39, 0.29) is 19.1 Å². The number of nitrogens with zero attached hydrogens (tertiary/aromatic N) is 2. The van der Waals surface area contributed by atoms with E-state index in [0.29, 0.717) is 5.88 Å². The van der Waals surface area contributed by atoms with Crippen LogP contribution in [0.25, 0.3) is 10.9 Å². The van der Waals surface area contributed by atoms with Gasteiger partial charge in [-0.1, -0.05) is 18.2 Å². The van der Waals surface area contributed by atoms with Gasteiger partial charge in [-0.3, -0.25) is 4.79 Å². The molecule has 7 heteroatoms. The predicted octanol–water partition coefficient (Wildman–Crippen LogP) is 0.854. The standard InChI is InChI=1S/C15H15N3O4/c1-21-14(20)7-4-8-16-13(19)9-22-15-11-5-2-3-6-12(11)17-10-18-15/h2-7,10H,8-9H2,1H3,(H,16,19)/b7-4+. The molecular formula is C15H15N3O4. The number of carbonyl (C=O) groups is 2. The highest BCUT2D eigenvalue weighted by Gasteiger charge is 2.06. The lowest BCUT2D eigenvalue weighted by Crippen LogP contribution is -2.29. The number of rotatable bonds is 6. The topological polar surface area (TPSA) is 90.4 Å². The van der Waals surface area contributed by atoms with Crippen molar-refractivity contribution >= 4 is 22.8 Å². The van der Waals surface area contributed by atoms with Gasteiger partial charge < -0.3 is 14.8 Å². The summed E-state index contributed by atoms with van der Waals surface area (Å²) in [6.45, 7) is 0.0366. The van der Waals surface area contributed by atoms with Crippen LogP contribution in [0.5, 0.6) is 5.88 Å². The Morgan fingerprint density at radius 2 is 2.09 bits per heavy atom. The smallest absolute Gasteiger partial charge is 0.330 e. The molecule has 0 radical (unpaired) electrons. The molecule has 22 heavy (non-hydrogen) atoms. The number of hydrogen-bond donors (Lipinski definition) is 1. The van der Waals surface area contributed by atoms with Crippen molar-refractivity contribution in [3.8, 4) is 5.88 Å². The average Bonchev–Trinajstić information content (AvgIpc) is 2.56. The van der Waals surface area contributed by atoms with Crippen molar-refractivity contribution in [3.05, 3.63) is 42.7 Å². The second-order valence-corrected chi connectivity index (χ2v) is 4.21. The molecule has 1 N–H and O–H groups in total. The molecule has 1 aromatic heterocycles. The molecule has 1 amide bonds. The van der Waals surface area contributed by atoms with Gasteiger partial charge in [0.2, 0.25) is 5.88 Å². The quantitative estimate of drug-likeness (QED) is 0.628. The number of esters is 1. The molecule has 0 atom stereocenters. The van der Waals surface area contributed by atoms with E-state index in [1.54, 1.807) is 0 Å². The number of nitrogens with one attached hydrogen (secondary N) is 1. The van der Waals surface area contributed by atoms with Crippen LogP contribution in [0.2, 0.25) is 0 Å². The Bertz CT molecular complexity index is 695. The molecule has 0 saturated heterocycles. The zero-order chi connectivity index (χ0) is 15.8. The van der Waals surface area contributed by atoms with Crippen molar-refractivity contribution in [2.24, 2.45) is 0 Å². The van der Waals surface area contributed by atoms with Crippen LogP contribution in [0.3, 0.4) is 0 Å². The zero-order valence-electron chi connectivity index (χ0n) is 12.0. The SMILES string of the molecule is COC(=O)/C=C/CNC(=O)COc1ncnc2ccccc12. The minimum Gasteiger partial charge on any atom is -0.467 e. The Labute approximate surface area is 127 Å². The minimum absolute atomic E-state index is 0.174. The van der Waals surface area contributed by atoms with Crippen molar-refractivity contribution in [3.63, 3.8) is 0 Å². The third-order valence-corrected chi connectivity index (χ3v) is 2.72. The molecule has 0 unspecified atom stereocenters. The molecule has 0 aliphatic carbocycles. The Balaban J connectivity index is 1.85. The Hall–Kier alpha value is -2.96. The second-order valence-electron chi connectivity index (χ2n) is 4.21. The van der Waals surface area contributed by atoms with E-state index in [1.165, 1.54) is 25.6 Å². The molecule has 0 bridgehead atoms. The number of hydrogen-bond acceptors (Lipinski definition) is 6. The first-order chi connectivity index (χ1) is 10.7. The van der Waals surface area contributed by atoms with Gasteiger partial charge in [-0.2, -0.15) is 0 Å². The van der Waals surface area contributed by atoms with E-state index in [9.17, 15) is 9.59 Å². The predicted molar refractivity (Wildman–Crippen MR) is 79.2 cm³/mol. The second kappa shape index (κ2) is 7.72. The lowest BCUT2D eigenvalue weighted by atomic mass is 10.2. The molecule has 0 spiro atoms. The minimum atomic E-state index is -0.474. The molecule has 0 aliphatic rings. The molecule has 7 nitrogen and oxygen atoms in total. The number of fused-ring (bicyclic) bond motifs is 1. The third kappa shape index (κ3) is 4.27. The zero-order valence-corrected chi connectivity index (χ0v) is 12.0. The number of amides is 1. The summed E-state index contributed by atoms with van der Waals surface area (Å²) in [5, 5.41) is 3.32. The van der Waals surface area contributed by atoms with Crippen molar-refractivity contribution in [1.29, 1.82) is 0 Å². The molecule has 0 saturated carbocycles. The highest BCUT2D eigenvalue weighted by molar-refractivity contribution is 5.84.